The van der Waals surface area contributed by atoms with Gasteiger partial charge in [-0.25, -0.2) is 9.78 Å². The van der Waals surface area contributed by atoms with E-state index in [1.54, 1.807) is 11.1 Å². The fraction of sp³-hybridized carbons (Fsp3) is 0.625. The van der Waals surface area contributed by atoms with Crippen molar-refractivity contribution in [1.82, 2.24) is 25.0 Å². The zero-order valence-electron chi connectivity index (χ0n) is 14.5. The highest BCUT2D eigenvalue weighted by molar-refractivity contribution is 5.68. The first kappa shape index (κ1) is 16.5. The standard InChI is InChI=1S/C16H23N5O3/c1-10-8-17-12(18-10)13-19-14(24-20-13)11-6-5-7-21(9-11)15(22)23-16(2,3)4/h8,11H,5-7,9H2,1-4H3,(H,17,18)/t11-/m0/s1. The van der Waals surface area contributed by atoms with Gasteiger partial charge in [0.1, 0.15) is 5.60 Å². The number of hydrogen-bond acceptors (Lipinski definition) is 6. The number of carbonyl (C=O) groups excluding carboxylic acids is 1. The SMILES string of the molecule is Cc1c[nH]c(-c2noc([C@H]3CCCN(C(=O)OC(C)(C)C)C3)n2)n1. The van der Waals surface area contributed by atoms with E-state index in [1.807, 2.05) is 27.7 Å². The number of piperidine rings is 1. The topological polar surface area (TPSA) is 97.1 Å². The Hall–Kier alpha value is -2.38. The van der Waals surface area contributed by atoms with E-state index < -0.39 is 5.60 Å². The highest BCUT2D eigenvalue weighted by Crippen LogP contribution is 2.28. The number of likely N-dealkylation sites (tertiary alicyclic amines) is 1. The molecule has 0 spiro atoms. The van der Waals surface area contributed by atoms with Crippen molar-refractivity contribution in [2.75, 3.05) is 13.1 Å². The molecule has 0 aromatic carbocycles. The molecule has 0 unspecified atom stereocenters. The molecule has 3 rings (SSSR count). The van der Waals surface area contributed by atoms with Crippen molar-refractivity contribution in [1.29, 1.82) is 0 Å². The normalized spacial score (nSPS) is 18.7. The average Bonchev–Trinajstić information content (AvgIpc) is 3.14. The fourth-order valence-electron chi connectivity index (χ4n) is 2.70. The molecular weight excluding hydrogens is 310 g/mol. The Bertz CT molecular complexity index is 715. The number of aromatic amines is 1. The Morgan fingerprint density at radius 2 is 2.21 bits per heavy atom. The van der Waals surface area contributed by atoms with Crippen molar-refractivity contribution >= 4 is 6.09 Å². The lowest BCUT2D eigenvalue weighted by atomic mass is 9.98. The number of aryl methyl sites for hydroxylation is 1. The van der Waals surface area contributed by atoms with E-state index in [0.29, 0.717) is 30.6 Å². The minimum atomic E-state index is -0.501. The predicted molar refractivity (Wildman–Crippen MR) is 86.4 cm³/mol. The van der Waals surface area contributed by atoms with Crippen molar-refractivity contribution in [3.05, 3.63) is 17.8 Å². The first-order chi connectivity index (χ1) is 11.3. The van der Waals surface area contributed by atoms with Crippen molar-refractivity contribution in [3.8, 4) is 11.6 Å². The molecule has 2 aromatic heterocycles. The molecule has 3 heterocycles. The van der Waals surface area contributed by atoms with Gasteiger partial charge >= 0.3 is 6.09 Å². The summed E-state index contributed by atoms with van der Waals surface area (Å²) in [5.74, 6) is 1.57. The third-order valence-electron chi connectivity index (χ3n) is 3.78. The van der Waals surface area contributed by atoms with Crippen molar-refractivity contribution < 1.29 is 14.1 Å². The van der Waals surface area contributed by atoms with Crippen molar-refractivity contribution in [2.45, 2.75) is 52.1 Å². The van der Waals surface area contributed by atoms with Gasteiger partial charge in [0.25, 0.3) is 0 Å². The van der Waals surface area contributed by atoms with Gasteiger partial charge in [-0.2, -0.15) is 4.98 Å². The van der Waals surface area contributed by atoms with Gasteiger partial charge in [0.15, 0.2) is 5.82 Å². The van der Waals surface area contributed by atoms with Crippen LogP contribution in [0.15, 0.2) is 10.7 Å². The molecule has 0 bridgehead atoms. The van der Waals surface area contributed by atoms with Crippen LogP contribution in [0.25, 0.3) is 11.6 Å². The van der Waals surface area contributed by atoms with Gasteiger partial charge in [0.2, 0.25) is 11.7 Å². The molecule has 1 fully saturated rings. The lowest BCUT2D eigenvalue weighted by molar-refractivity contribution is 0.0189. The number of H-pyrrole nitrogens is 1. The van der Waals surface area contributed by atoms with Crippen molar-refractivity contribution in [3.63, 3.8) is 0 Å². The summed E-state index contributed by atoms with van der Waals surface area (Å²) in [5, 5.41) is 3.99. The summed E-state index contributed by atoms with van der Waals surface area (Å²) in [6.45, 7) is 8.68. The van der Waals surface area contributed by atoms with Gasteiger partial charge in [0.05, 0.1) is 11.6 Å². The van der Waals surface area contributed by atoms with Gasteiger partial charge in [-0.1, -0.05) is 5.16 Å². The summed E-state index contributed by atoms with van der Waals surface area (Å²) in [6, 6.07) is 0. The summed E-state index contributed by atoms with van der Waals surface area (Å²) in [5.41, 5.74) is 0.365. The first-order valence-electron chi connectivity index (χ1n) is 8.16. The molecule has 24 heavy (non-hydrogen) atoms. The highest BCUT2D eigenvalue weighted by Gasteiger charge is 2.31. The lowest BCUT2D eigenvalue weighted by Gasteiger charge is -2.32. The van der Waals surface area contributed by atoms with E-state index >= 15 is 0 Å². The monoisotopic (exact) mass is 333 g/mol. The smallest absolute Gasteiger partial charge is 0.410 e. The number of ether oxygens (including phenoxy) is 1. The van der Waals surface area contributed by atoms with E-state index in [0.717, 1.165) is 18.5 Å². The predicted octanol–water partition coefficient (Wildman–Crippen LogP) is 2.88. The summed E-state index contributed by atoms with van der Waals surface area (Å²) in [6.07, 6.45) is 3.27. The third-order valence-corrected chi connectivity index (χ3v) is 3.78. The van der Waals surface area contributed by atoms with Crippen LogP contribution in [-0.2, 0) is 4.74 Å². The average molecular weight is 333 g/mol. The van der Waals surface area contributed by atoms with Gasteiger partial charge in [-0.05, 0) is 40.5 Å². The third kappa shape index (κ3) is 3.74. The number of amides is 1. The Morgan fingerprint density at radius 3 is 2.88 bits per heavy atom. The Balaban J connectivity index is 1.69. The van der Waals surface area contributed by atoms with Crippen LogP contribution in [0, 0.1) is 6.92 Å². The van der Waals surface area contributed by atoms with Crippen LogP contribution in [0.3, 0.4) is 0 Å². The molecule has 1 aliphatic rings. The minimum Gasteiger partial charge on any atom is -0.444 e. The van der Waals surface area contributed by atoms with Crippen LogP contribution in [0.2, 0.25) is 0 Å². The highest BCUT2D eigenvalue weighted by atomic mass is 16.6. The molecule has 2 aromatic rings. The molecule has 0 aliphatic carbocycles. The van der Waals surface area contributed by atoms with E-state index in [1.165, 1.54) is 0 Å². The maximum atomic E-state index is 12.2. The molecule has 1 atom stereocenters. The van der Waals surface area contributed by atoms with Crippen LogP contribution >= 0.6 is 0 Å². The Labute approximate surface area is 140 Å². The van der Waals surface area contributed by atoms with Crippen LogP contribution < -0.4 is 0 Å². The van der Waals surface area contributed by atoms with Crippen molar-refractivity contribution in [2.24, 2.45) is 0 Å². The number of nitrogens with zero attached hydrogens (tertiary/aromatic N) is 4. The van der Waals surface area contributed by atoms with Crippen LogP contribution in [0.5, 0.6) is 0 Å². The van der Waals surface area contributed by atoms with E-state index in [9.17, 15) is 4.79 Å². The summed E-state index contributed by atoms with van der Waals surface area (Å²) >= 11 is 0. The second-order valence-corrected chi connectivity index (χ2v) is 7.11. The molecule has 1 aliphatic heterocycles. The minimum absolute atomic E-state index is 0.0172. The lowest BCUT2D eigenvalue weighted by Crippen LogP contribution is -2.42. The van der Waals surface area contributed by atoms with Crippen LogP contribution in [0.1, 0.15) is 51.1 Å². The van der Waals surface area contributed by atoms with E-state index in [-0.39, 0.29) is 12.0 Å². The molecule has 1 amide bonds. The molecular formula is C16H23N5O3. The van der Waals surface area contributed by atoms with Gasteiger partial charge < -0.3 is 19.1 Å². The number of carbonyl (C=O) groups is 1. The van der Waals surface area contributed by atoms with Gasteiger partial charge in [0, 0.05) is 19.3 Å². The number of hydrogen-bond donors (Lipinski definition) is 1. The molecule has 130 valence electrons. The van der Waals surface area contributed by atoms with E-state index in [2.05, 4.69) is 20.1 Å². The quantitative estimate of drug-likeness (QED) is 0.907. The molecule has 0 radical (unpaired) electrons. The summed E-state index contributed by atoms with van der Waals surface area (Å²) in [7, 11) is 0. The summed E-state index contributed by atoms with van der Waals surface area (Å²) < 4.78 is 10.8. The molecule has 8 nitrogen and oxygen atoms in total. The largest absolute Gasteiger partial charge is 0.444 e. The fourth-order valence-corrected chi connectivity index (χ4v) is 2.70. The number of rotatable bonds is 2. The summed E-state index contributed by atoms with van der Waals surface area (Å²) in [4.78, 5) is 25.7. The number of nitrogens with one attached hydrogen (secondary N) is 1. The zero-order chi connectivity index (χ0) is 17.3. The maximum absolute atomic E-state index is 12.2. The Kier molecular flexibility index (Phi) is 4.29. The Morgan fingerprint density at radius 1 is 1.42 bits per heavy atom. The number of aromatic nitrogens is 4. The van der Waals surface area contributed by atoms with E-state index in [4.69, 9.17) is 9.26 Å². The van der Waals surface area contributed by atoms with Crippen LogP contribution in [-0.4, -0.2) is 49.8 Å². The number of imidazole rings is 1. The van der Waals surface area contributed by atoms with Crippen LogP contribution in [0.4, 0.5) is 4.79 Å². The maximum Gasteiger partial charge on any atom is 0.410 e. The molecule has 0 saturated carbocycles. The first-order valence-corrected chi connectivity index (χ1v) is 8.16. The second kappa shape index (κ2) is 6.26. The molecule has 1 saturated heterocycles. The molecule has 8 heteroatoms. The van der Waals surface area contributed by atoms with Gasteiger partial charge in [-0.3, -0.25) is 0 Å². The zero-order valence-corrected chi connectivity index (χ0v) is 14.5. The molecule has 1 N–H and O–H groups in total. The second-order valence-electron chi connectivity index (χ2n) is 7.11. The van der Waals surface area contributed by atoms with Gasteiger partial charge in [-0.15, -0.1) is 0 Å².